The number of fused-ring (bicyclic) bond motifs is 4. The molecule has 2 aliphatic heterocycles. The third kappa shape index (κ3) is 2.68. The van der Waals surface area contributed by atoms with Crippen molar-refractivity contribution >= 4 is 17.8 Å². The normalized spacial score (nSPS) is 19.9. The molecule has 4 nitrogen and oxygen atoms in total. The molecule has 144 valence electrons. The van der Waals surface area contributed by atoms with E-state index in [9.17, 15) is 9.59 Å². The molecule has 4 rings (SSSR count). The Morgan fingerprint density at radius 3 is 2.79 bits per heavy atom. The number of nitrogens with zero attached hydrogens (tertiary/aromatic N) is 1. The highest BCUT2D eigenvalue weighted by molar-refractivity contribution is 6.04. The van der Waals surface area contributed by atoms with Crippen molar-refractivity contribution in [3.8, 4) is 5.75 Å². The lowest BCUT2D eigenvalue weighted by Crippen LogP contribution is -2.48. The van der Waals surface area contributed by atoms with Crippen LogP contribution in [0.15, 0.2) is 55.6 Å². The fraction of sp³-hybridized carbons (Fsp3) is 0.250. The molecule has 2 aliphatic rings. The third-order valence-corrected chi connectivity index (χ3v) is 5.68. The molecule has 0 radical (unpaired) electrons. The highest BCUT2D eigenvalue weighted by Gasteiger charge is 2.45. The molecule has 2 aromatic carbocycles. The predicted octanol–water partition coefficient (Wildman–Crippen LogP) is 4.57. The first kappa shape index (κ1) is 18.2. The van der Waals surface area contributed by atoms with Crippen molar-refractivity contribution < 1.29 is 15.8 Å². The van der Waals surface area contributed by atoms with Crippen LogP contribution in [-0.4, -0.2) is 29.7 Å². The zero-order valence-corrected chi connectivity index (χ0v) is 16.0. The van der Waals surface area contributed by atoms with E-state index in [4.69, 9.17) is 4.74 Å². The highest BCUT2D eigenvalue weighted by Crippen LogP contribution is 2.47. The van der Waals surface area contributed by atoms with Crippen LogP contribution in [0.4, 0.5) is 0 Å². The number of carbonyl (C=O) groups excluding carboxylic acids is 2. The molecule has 0 aliphatic carbocycles. The van der Waals surface area contributed by atoms with Gasteiger partial charge in [0.15, 0.2) is 5.78 Å². The molecule has 28 heavy (non-hydrogen) atoms. The quantitative estimate of drug-likeness (QED) is 0.720. The number of hydrogen-bond donors (Lipinski definition) is 0. The molecule has 0 fully saturated rings. The van der Waals surface area contributed by atoms with Crippen LogP contribution in [0.1, 0.15) is 52.9 Å². The number of rotatable bonds is 5. The van der Waals surface area contributed by atoms with Gasteiger partial charge in [0.2, 0.25) is 0 Å². The summed E-state index contributed by atoms with van der Waals surface area (Å²) in [6.45, 7) is 10.6. The van der Waals surface area contributed by atoms with Gasteiger partial charge in [0.1, 0.15) is 5.75 Å². The summed E-state index contributed by atoms with van der Waals surface area (Å²) in [4.78, 5) is 28.0. The summed E-state index contributed by atoms with van der Waals surface area (Å²) < 4.78 is 5.81. The van der Waals surface area contributed by atoms with E-state index in [1.165, 1.54) is 6.08 Å². The maximum Gasteiger partial charge on any atom is 0.254 e. The van der Waals surface area contributed by atoms with Gasteiger partial charge in [-0.3, -0.25) is 9.59 Å². The average molecular weight is 375 g/mol. The summed E-state index contributed by atoms with van der Waals surface area (Å²) in [7, 11) is 0. The molecule has 1 amide bonds. The van der Waals surface area contributed by atoms with E-state index in [1.54, 1.807) is 12.1 Å². The fourth-order valence-electron chi connectivity index (χ4n) is 4.45. The molecular weight excluding hydrogens is 350 g/mol. The Balaban J connectivity index is 0.00000240. The Bertz CT molecular complexity index is 998. The number of ketones is 1. The van der Waals surface area contributed by atoms with Gasteiger partial charge in [-0.1, -0.05) is 37.4 Å². The number of amides is 1. The Morgan fingerprint density at radius 2 is 2.07 bits per heavy atom. The van der Waals surface area contributed by atoms with Gasteiger partial charge < -0.3 is 9.64 Å². The van der Waals surface area contributed by atoms with Crippen molar-refractivity contribution in [2.75, 3.05) is 13.2 Å². The van der Waals surface area contributed by atoms with Gasteiger partial charge in [-0.15, -0.1) is 0 Å². The minimum atomic E-state index is -0.463. The lowest BCUT2D eigenvalue weighted by molar-refractivity contribution is -0.117. The largest absolute Gasteiger partial charge is 0.493 e. The molecule has 0 aromatic heterocycles. The number of benzene rings is 2. The molecule has 0 saturated carbocycles. The fourth-order valence-corrected chi connectivity index (χ4v) is 4.45. The van der Waals surface area contributed by atoms with E-state index >= 15 is 0 Å². The van der Waals surface area contributed by atoms with E-state index in [2.05, 4.69) is 19.2 Å². The predicted molar refractivity (Wildman–Crippen MR) is 112 cm³/mol. The molecule has 2 aromatic rings. The van der Waals surface area contributed by atoms with Gasteiger partial charge in [-0.2, -0.15) is 0 Å². The maximum absolute atomic E-state index is 13.2. The first-order chi connectivity index (χ1) is 13.6. The summed E-state index contributed by atoms with van der Waals surface area (Å²) in [5.74, 6) is 0.169. The average Bonchev–Trinajstić information content (AvgIpc) is 2.73. The molecule has 0 bridgehead atoms. The summed E-state index contributed by atoms with van der Waals surface area (Å²) in [6.07, 6.45) is 3.89. The molecule has 2 atom stereocenters. The Kier molecular flexibility index (Phi) is 4.63. The van der Waals surface area contributed by atoms with E-state index in [1.807, 2.05) is 36.1 Å². The third-order valence-electron chi connectivity index (χ3n) is 5.68. The first-order valence-corrected chi connectivity index (χ1v) is 9.58. The van der Waals surface area contributed by atoms with Gasteiger partial charge in [-0.05, 0) is 54.3 Å². The number of hydrogen-bond acceptors (Lipinski definition) is 3. The van der Waals surface area contributed by atoms with E-state index in [0.717, 1.165) is 34.4 Å². The summed E-state index contributed by atoms with van der Waals surface area (Å²) in [6, 6.07) is 11.1. The van der Waals surface area contributed by atoms with E-state index in [-0.39, 0.29) is 19.2 Å². The SMILES string of the molecule is C=CC(=O)[C@@H]1c2ccccc2C(=O)N2CCc3cc(C=C)c(OCC)cc3[C@@H]12.[HH]. The van der Waals surface area contributed by atoms with Crippen LogP contribution in [0, 0.1) is 0 Å². The maximum atomic E-state index is 13.2. The Labute approximate surface area is 166 Å². The Hall–Kier alpha value is -3.14. The van der Waals surface area contributed by atoms with Crippen molar-refractivity contribution in [1.29, 1.82) is 0 Å². The second kappa shape index (κ2) is 7.12. The second-order valence-corrected chi connectivity index (χ2v) is 7.09. The van der Waals surface area contributed by atoms with Crippen LogP contribution in [0.2, 0.25) is 0 Å². The van der Waals surface area contributed by atoms with Crippen LogP contribution in [-0.2, 0) is 11.2 Å². The monoisotopic (exact) mass is 375 g/mol. The zero-order chi connectivity index (χ0) is 19.8. The lowest BCUT2D eigenvalue weighted by atomic mass is 9.74. The smallest absolute Gasteiger partial charge is 0.254 e. The van der Waals surface area contributed by atoms with E-state index in [0.29, 0.717) is 18.7 Å². The minimum absolute atomic E-state index is 0. The van der Waals surface area contributed by atoms with Gasteiger partial charge in [0.25, 0.3) is 5.91 Å². The van der Waals surface area contributed by atoms with Crippen LogP contribution >= 0.6 is 0 Å². The number of ether oxygens (including phenoxy) is 1. The second-order valence-electron chi connectivity index (χ2n) is 7.09. The van der Waals surface area contributed by atoms with Crippen molar-refractivity contribution in [1.82, 2.24) is 4.90 Å². The molecule has 4 heteroatoms. The number of allylic oxidation sites excluding steroid dienone is 1. The van der Waals surface area contributed by atoms with Gasteiger partial charge in [0, 0.05) is 19.1 Å². The molecule has 0 unspecified atom stereocenters. The molecular formula is C24H25NO3. The molecule has 0 spiro atoms. The summed E-state index contributed by atoms with van der Waals surface area (Å²) >= 11 is 0. The van der Waals surface area contributed by atoms with Crippen molar-refractivity contribution in [2.45, 2.75) is 25.3 Å². The standard InChI is InChI=1S/C24H23NO3.H2/c1-4-15-13-16-11-12-25-23(19(16)14-21(15)28-6-3)22(20(26)5-2)17-9-7-8-10-18(17)24(25)27;/h4-5,7-10,13-14,22-23H,1-2,6,11-12H2,3H3;1H/t22-,23-;/m0./s1. The summed E-state index contributed by atoms with van der Waals surface area (Å²) in [5.41, 5.74) is 4.42. The highest BCUT2D eigenvalue weighted by atomic mass is 16.5. The molecule has 0 N–H and O–H groups in total. The van der Waals surface area contributed by atoms with Gasteiger partial charge in [-0.25, -0.2) is 0 Å². The van der Waals surface area contributed by atoms with Crippen molar-refractivity contribution in [2.24, 2.45) is 0 Å². The lowest BCUT2D eigenvalue weighted by Gasteiger charge is -2.45. The number of carbonyl (C=O) groups is 2. The van der Waals surface area contributed by atoms with Crippen LogP contribution in [0.3, 0.4) is 0 Å². The molecule has 2 heterocycles. The minimum Gasteiger partial charge on any atom is -0.493 e. The Morgan fingerprint density at radius 1 is 1.29 bits per heavy atom. The van der Waals surface area contributed by atoms with Crippen LogP contribution in [0.25, 0.3) is 6.08 Å². The van der Waals surface area contributed by atoms with Crippen molar-refractivity contribution in [3.05, 3.63) is 83.4 Å². The van der Waals surface area contributed by atoms with Crippen LogP contribution in [0.5, 0.6) is 5.75 Å². The zero-order valence-electron chi connectivity index (χ0n) is 16.0. The van der Waals surface area contributed by atoms with E-state index < -0.39 is 5.92 Å². The first-order valence-electron chi connectivity index (χ1n) is 9.58. The van der Waals surface area contributed by atoms with Crippen LogP contribution < -0.4 is 4.74 Å². The topological polar surface area (TPSA) is 46.6 Å². The summed E-state index contributed by atoms with van der Waals surface area (Å²) in [5, 5.41) is 0. The van der Waals surface area contributed by atoms with Gasteiger partial charge in [0.05, 0.1) is 18.6 Å². The van der Waals surface area contributed by atoms with Crippen molar-refractivity contribution in [3.63, 3.8) is 0 Å². The van der Waals surface area contributed by atoms with Gasteiger partial charge >= 0.3 is 0 Å². The molecule has 0 saturated heterocycles.